The number of benzene rings is 1. The molecule has 0 bridgehead atoms. The number of halogens is 1. The van der Waals surface area contributed by atoms with Crippen LogP contribution in [0, 0.1) is 5.92 Å². The van der Waals surface area contributed by atoms with Crippen molar-refractivity contribution in [1.82, 2.24) is 5.32 Å². The predicted molar refractivity (Wildman–Crippen MR) is 79.4 cm³/mol. The van der Waals surface area contributed by atoms with Gasteiger partial charge in [0.1, 0.15) is 0 Å². The smallest absolute Gasteiger partial charge is 0.0175 e. The predicted octanol–water partition coefficient (Wildman–Crippen LogP) is 4.41. The van der Waals surface area contributed by atoms with E-state index in [1.165, 1.54) is 18.4 Å². The van der Waals surface area contributed by atoms with E-state index < -0.39 is 0 Å². The summed E-state index contributed by atoms with van der Waals surface area (Å²) in [4.78, 5) is 0. The van der Waals surface area contributed by atoms with Crippen molar-refractivity contribution in [3.63, 3.8) is 0 Å². The summed E-state index contributed by atoms with van der Waals surface area (Å²) in [5.74, 6) is 0.822. The molecule has 1 unspecified atom stereocenters. The quantitative estimate of drug-likeness (QED) is 0.786. The van der Waals surface area contributed by atoms with Crippen LogP contribution in [-0.4, -0.2) is 12.6 Å². The van der Waals surface area contributed by atoms with E-state index in [2.05, 4.69) is 66.3 Å². The Morgan fingerprint density at radius 3 is 2.24 bits per heavy atom. The summed E-state index contributed by atoms with van der Waals surface area (Å²) < 4.78 is 1.15. The third-order valence-electron chi connectivity index (χ3n) is 3.36. The molecule has 0 saturated heterocycles. The van der Waals surface area contributed by atoms with E-state index in [1.54, 1.807) is 0 Å². The van der Waals surface area contributed by atoms with Crippen LogP contribution in [0.1, 0.15) is 39.2 Å². The average molecular weight is 298 g/mol. The van der Waals surface area contributed by atoms with Crippen LogP contribution in [0.15, 0.2) is 28.7 Å². The van der Waals surface area contributed by atoms with E-state index in [4.69, 9.17) is 0 Å². The normalized spacial score (nSPS) is 13.0. The lowest BCUT2D eigenvalue weighted by atomic mass is 10.0. The maximum Gasteiger partial charge on any atom is 0.0175 e. The fourth-order valence-electron chi connectivity index (χ4n) is 1.99. The van der Waals surface area contributed by atoms with Gasteiger partial charge in [0.15, 0.2) is 0 Å². The molecule has 1 atom stereocenters. The summed E-state index contributed by atoms with van der Waals surface area (Å²) in [5.41, 5.74) is 1.40. The Hall–Kier alpha value is -0.340. The number of hydrogen-bond acceptors (Lipinski definition) is 1. The van der Waals surface area contributed by atoms with Gasteiger partial charge in [-0.05, 0) is 43.5 Å². The molecule has 1 N–H and O–H groups in total. The van der Waals surface area contributed by atoms with Crippen LogP contribution in [-0.2, 0) is 6.42 Å². The molecule has 1 aromatic carbocycles. The maximum absolute atomic E-state index is 3.64. The van der Waals surface area contributed by atoms with E-state index in [0.29, 0.717) is 6.04 Å². The minimum atomic E-state index is 0.553. The van der Waals surface area contributed by atoms with Gasteiger partial charge >= 0.3 is 0 Å². The summed E-state index contributed by atoms with van der Waals surface area (Å²) in [6.07, 6.45) is 3.65. The molecule has 0 aliphatic heterocycles. The molecule has 0 heterocycles. The van der Waals surface area contributed by atoms with E-state index >= 15 is 0 Å². The molecule has 0 aliphatic carbocycles. The second kappa shape index (κ2) is 7.88. The highest BCUT2D eigenvalue weighted by Gasteiger charge is 2.07. The first-order valence-corrected chi connectivity index (χ1v) is 7.42. The lowest BCUT2D eigenvalue weighted by Crippen LogP contribution is -2.32. The van der Waals surface area contributed by atoms with Crippen LogP contribution in [0.3, 0.4) is 0 Å². The van der Waals surface area contributed by atoms with Gasteiger partial charge in [-0.1, -0.05) is 54.8 Å². The fourth-order valence-corrected chi connectivity index (χ4v) is 2.26. The number of nitrogens with one attached hydrogen (secondary N) is 1. The Bertz CT molecular complexity index is 303. The Balaban J connectivity index is 2.34. The maximum atomic E-state index is 3.64. The first kappa shape index (κ1) is 14.7. The van der Waals surface area contributed by atoms with Crippen LogP contribution in [0.5, 0.6) is 0 Å². The first-order chi connectivity index (χ1) is 8.15. The van der Waals surface area contributed by atoms with E-state index in [0.717, 1.165) is 23.4 Å². The van der Waals surface area contributed by atoms with Gasteiger partial charge < -0.3 is 5.32 Å². The SMILES string of the molecule is CCC(CC)CNC(C)Cc1ccc(Br)cc1. The first-order valence-electron chi connectivity index (χ1n) is 6.63. The Morgan fingerprint density at radius 2 is 1.71 bits per heavy atom. The highest BCUT2D eigenvalue weighted by molar-refractivity contribution is 9.10. The Kier molecular flexibility index (Phi) is 6.83. The molecule has 0 saturated carbocycles. The topological polar surface area (TPSA) is 12.0 Å². The monoisotopic (exact) mass is 297 g/mol. The van der Waals surface area contributed by atoms with Gasteiger partial charge in [-0.25, -0.2) is 0 Å². The molecule has 0 amide bonds. The van der Waals surface area contributed by atoms with Crippen LogP contribution >= 0.6 is 15.9 Å². The van der Waals surface area contributed by atoms with Crippen molar-refractivity contribution in [2.45, 2.75) is 46.1 Å². The molecule has 1 rings (SSSR count). The second-order valence-electron chi connectivity index (χ2n) is 4.82. The highest BCUT2D eigenvalue weighted by atomic mass is 79.9. The molecule has 0 radical (unpaired) electrons. The Labute approximate surface area is 114 Å². The van der Waals surface area contributed by atoms with Gasteiger partial charge in [0.25, 0.3) is 0 Å². The molecular formula is C15H24BrN. The zero-order valence-corrected chi connectivity index (χ0v) is 12.8. The summed E-state index contributed by atoms with van der Waals surface area (Å²) in [5, 5.41) is 3.64. The van der Waals surface area contributed by atoms with Crippen molar-refractivity contribution in [2.75, 3.05) is 6.54 Å². The molecule has 0 aliphatic rings. The lowest BCUT2D eigenvalue weighted by molar-refractivity contribution is 0.416. The molecular weight excluding hydrogens is 274 g/mol. The molecule has 0 aromatic heterocycles. The van der Waals surface area contributed by atoms with Gasteiger partial charge in [-0.2, -0.15) is 0 Å². The summed E-state index contributed by atoms with van der Waals surface area (Å²) in [7, 11) is 0. The molecule has 0 fully saturated rings. The van der Waals surface area contributed by atoms with E-state index in [9.17, 15) is 0 Å². The molecule has 0 spiro atoms. The molecule has 1 nitrogen and oxygen atoms in total. The van der Waals surface area contributed by atoms with Gasteiger partial charge in [0, 0.05) is 10.5 Å². The number of rotatable bonds is 7. The third kappa shape index (κ3) is 5.69. The van der Waals surface area contributed by atoms with Gasteiger partial charge in [-0.15, -0.1) is 0 Å². The van der Waals surface area contributed by atoms with Crippen molar-refractivity contribution in [3.05, 3.63) is 34.3 Å². The molecule has 17 heavy (non-hydrogen) atoms. The highest BCUT2D eigenvalue weighted by Crippen LogP contribution is 2.12. The van der Waals surface area contributed by atoms with Gasteiger partial charge in [-0.3, -0.25) is 0 Å². The van der Waals surface area contributed by atoms with Crippen molar-refractivity contribution < 1.29 is 0 Å². The van der Waals surface area contributed by atoms with E-state index in [-0.39, 0.29) is 0 Å². The summed E-state index contributed by atoms with van der Waals surface area (Å²) in [6.45, 7) is 7.96. The fraction of sp³-hybridized carbons (Fsp3) is 0.600. The van der Waals surface area contributed by atoms with Crippen molar-refractivity contribution in [3.8, 4) is 0 Å². The van der Waals surface area contributed by atoms with Crippen molar-refractivity contribution >= 4 is 15.9 Å². The van der Waals surface area contributed by atoms with Gasteiger partial charge in [0.2, 0.25) is 0 Å². The Morgan fingerprint density at radius 1 is 1.12 bits per heavy atom. The molecule has 96 valence electrons. The third-order valence-corrected chi connectivity index (χ3v) is 3.89. The van der Waals surface area contributed by atoms with Crippen LogP contribution < -0.4 is 5.32 Å². The zero-order valence-electron chi connectivity index (χ0n) is 11.2. The van der Waals surface area contributed by atoms with Crippen molar-refractivity contribution in [1.29, 1.82) is 0 Å². The van der Waals surface area contributed by atoms with Crippen LogP contribution in [0.4, 0.5) is 0 Å². The minimum absolute atomic E-state index is 0.553. The van der Waals surface area contributed by atoms with Gasteiger partial charge in [0.05, 0.1) is 0 Å². The minimum Gasteiger partial charge on any atom is -0.314 e. The van der Waals surface area contributed by atoms with Crippen LogP contribution in [0.2, 0.25) is 0 Å². The zero-order chi connectivity index (χ0) is 12.7. The van der Waals surface area contributed by atoms with E-state index in [1.807, 2.05) is 0 Å². The molecule has 2 heteroatoms. The molecule has 1 aromatic rings. The largest absolute Gasteiger partial charge is 0.314 e. The summed E-state index contributed by atoms with van der Waals surface area (Å²) in [6, 6.07) is 9.17. The standard InChI is InChI=1S/C15H24BrN/c1-4-13(5-2)11-17-12(3)10-14-6-8-15(16)9-7-14/h6-9,12-13,17H,4-5,10-11H2,1-3H3. The summed E-state index contributed by atoms with van der Waals surface area (Å²) >= 11 is 3.46. The number of hydrogen-bond donors (Lipinski definition) is 1. The average Bonchev–Trinajstić information content (AvgIpc) is 2.33. The van der Waals surface area contributed by atoms with Crippen molar-refractivity contribution in [2.24, 2.45) is 5.92 Å². The second-order valence-corrected chi connectivity index (χ2v) is 5.74. The van der Waals surface area contributed by atoms with Crippen LogP contribution in [0.25, 0.3) is 0 Å². The lowest BCUT2D eigenvalue weighted by Gasteiger charge is -2.18.